The first-order chi connectivity index (χ1) is 9.35. The highest BCUT2D eigenvalue weighted by atomic mass is 79.9. The number of nitrogens with zero attached hydrogens (tertiary/aromatic N) is 1. The SMILES string of the molecule is C[Si](C)(C)C#Cc1ncc(-c2ccc(Cl)cc2)cc1Br. The standard InChI is InChI=1S/C16H15BrClNSi/c1-20(2,3)9-8-16-15(17)10-13(11-19-16)12-4-6-14(18)7-5-12/h4-7,10-11H,1-3H3. The van der Waals surface area contributed by atoms with Crippen molar-refractivity contribution in [2.45, 2.75) is 19.6 Å². The summed E-state index contributed by atoms with van der Waals surface area (Å²) in [6.45, 7) is 6.65. The highest BCUT2D eigenvalue weighted by molar-refractivity contribution is 9.10. The van der Waals surface area contributed by atoms with Gasteiger partial charge in [0.15, 0.2) is 0 Å². The Kier molecular flexibility index (Phi) is 4.69. The van der Waals surface area contributed by atoms with E-state index in [2.05, 4.69) is 52.0 Å². The molecule has 1 aromatic carbocycles. The molecule has 0 aliphatic carbocycles. The Morgan fingerprint density at radius 3 is 2.30 bits per heavy atom. The minimum atomic E-state index is -1.38. The molecule has 0 amide bonds. The first kappa shape index (κ1) is 15.3. The normalized spacial score (nSPS) is 10.8. The Balaban J connectivity index is 2.34. The fourth-order valence-electron chi connectivity index (χ4n) is 1.58. The smallest absolute Gasteiger partial charge is 0.129 e. The zero-order chi connectivity index (χ0) is 14.8. The summed E-state index contributed by atoms with van der Waals surface area (Å²) in [6.07, 6.45) is 1.85. The molecule has 0 saturated carbocycles. The van der Waals surface area contributed by atoms with E-state index >= 15 is 0 Å². The molecule has 0 spiro atoms. The van der Waals surface area contributed by atoms with Gasteiger partial charge in [-0.1, -0.05) is 49.3 Å². The maximum atomic E-state index is 5.90. The Bertz CT molecular complexity index is 678. The van der Waals surface area contributed by atoms with Crippen LogP contribution in [0, 0.1) is 11.5 Å². The van der Waals surface area contributed by atoms with Crippen LogP contribution in [0.5, 0.6) is 0 Å². The molecule has 0 unspecified atom stereocenters. The lowest BCUT2D eigenvalue weighted by Gasteiger charge is -2.05. The fraction of sp³-hybridized carbons (Fsp3) is 0.188. The number of rotatable bonds is 1. The third-order valence-corrected chi connectivity index (χ3v) is 4.31. The lowest BCUT2D eigenvalue weighted by Crippen LogP contribution is -2.16. The molecule has 0 aliphatic rings. The van der Waals surface area contributed by atoms with E-state index in [1.54, 1.807) is 0 Å². The van der Waals surface area contributed by atoms with E-state index in [-0.39, 0.29) is 0 Å². The van der Waals surface area contributed by atoms with Crippen LogP contribution >= 0.6 is 27.5 Å². The number of pyridine rings is 1. The van der Waals surface area contributed by atoms with Gasteiger partial charge in [-0.3, -0.25) is 0 Å². The van der Waals surface area contributed by atoms with E-state index in [1.807, 2.05) is 36.5 Å². The zero-order valence-corrected chi connectivity index (χ0v) is 15.0. The minimum absolute atomic E-state index is 0.735. The molecule has 102 valence electrons. The number of hydrogen-bond donors (Lipinski definition) is 0. The van der Waals surface area contributed by atoms with Crippen LogP contribution in [0.2, 0.25) is 24.7 Å². The molecule has 0 atom stereocenters. The average molecular weight is 365 g/mol. The molecular formula is C16H15BrClNSi. The third kappa shape index (κ3) is 4.21. The predicted molar refractivity (Wildman–Crippen MR) is 92.6 cm³/mol. The van der Waals surface area contributed by atoms with Crippen molar-refractivity contribution in [3.05, 3.63) is 51.7 Å². The second kappa shape index (κ2) is 6.13. The van der Waals surface area contributed by atoms with Crippen molar-refractivity contribution in [1.82, 2.24) is 4.98 Å². The minimum Gasteiger partial charge on any atom is -0.246 e. The molecule has 4 heteroatoms. The van der Waals surface area contributed by atoms with Gasteiger partial charge in [0, 0.05) is 16.8 Å². The van der Waals surface area contributed by atoms with Gasteiger partial charge < -0.3 is 0 Å². The Morgan fingerprint density at radius 1 is 1.10 bits per heavy atom. The Labute approximate surface area is 134 Å². The highest BCUT2D eigenvalue weighted by Gasteiger charge is 2.09. The second-order valence-corrected chi connectivity index (χ2v) is 11.6. The summed E-state index contributed by atoms with van der Waals surface area (Å²) in [6, 6.07) is 9.77. The quantitative estimate of drug-likeness (QED) is 0.488. The molecule has 2 aromatic rings. The molecule has 1 aromatic heterocycles. The van der Waals surface area contributed by atoms with Gasteiger partial charge in [0.2, 0.25) is 0 Å². The van der Waals surface area contributed by atoms with Crippen LogP contribution in [-0.2, 0) is 0 Å². The van der Waals surface area contributed by atoms with Crippen molar-refractivity contribution in [1.29, 1.82) is 0 Å². The van der Waals surface area contributed by atoms with Crippen LogP contribution in [-0.4, -0.2) is 13.1 Å². The summed E-state index contributed by atoms with van der Waals surface area (Å²) in [7, 11) is -1.38. The number of aromatic nitrogens is 1. The summed E-state index contributed by atoms with van der Waals surface area (Å²) in [5, 5.41) is 0.735. The Hall–Kier alpha value is -1.08. The lowest BCUT2D eigenvalue weighted by molar-refractivity contribution is 1.27. The van der Waals surface area contributed by atoms with Crippen LogP contribution < -0.4 is 0 Å². The van der Waals surface area contributed by atoms with Gasteiger partial charge in [-0.15, -0.1) is 5.54 Å². The van der Waals surface area contributed by atoms with E-state index in [0.717, 1.165) is 26.3 Å². The molecule has 0 saturated heterocycles. The van der Waals surface area contributed by atoms with Crippen molar-refractivity contribution >= 4 is 35.6 Å². The monoisotopic (exact) mass is 363 g/mol. The van der Waals surface area contributed by atoms with Crippen LogP contribution in [0.1, 0.15) is 5.69 Å². The molecular weight excluding hydrogens is 350 g/mol. The first-order valence-corrected chi connectivity index (χ1v) is 11.0. The molecule has 0 fully saturated rings. The summed E-state index contributed by atoms with van der Waals surface area (Å²) in [4.78, 5) is 4.45. The topological polar surface area (TPSA) is 12.9 Å². The van der Waals surface area contributed by atoms with Gasteiger partial charge in [-0.2, -0.15) is 0 Å². The first-order valence-electron chi connectivity index (χ1n) is 6.30. The van der Waals surface area contributed by atoms with Crippen LogP contribution in [0.15, 0.2) is 41.0 Å². The van der Waals surface area contributed by atoms with E-state index in [4.69, 9.17) is 11.6 Å². The van der Waals surface area contributed by atoms with Crippen molar-refractivity contribution in [3.8, 4) is 22.6 Å². The molecule has 0 radical (unpaired) electrons. The predicted octanol–water partition coefficient (Wildman–Crippen LogP) is 5.39. The van der Waals surface area contributed by atoms with E-state index in [1.165, 1.54) is 0 Å². The highest BCUT2D eigenvalue weighted by Crippen LogP contribution is 2.25. The summed E-state index contributed by atoms with van der Waals surface area (Å²) in [5.41, 5.74) is 6.26. The van der Waals surface area contributed by atoms with Crippen molar-refractivity contribution in [3.63, 3.8) is 0 Å². The summed E-state index contributed by atoms with van der Waals surface area (Å²) < 4.78 is 0.927. The molecule has 0 bridgehead atoms. The van der Waals surface area contributed by atoms with Gasteiger partial charge in [-0.25, -0.2) is 4.98 Å². The maximum Gasteiger partial charge on any atom is 0.129 e. The maximum absolute atomic E-state index is 5.90. The van der Waals surface area contributed by atoms with E-state index < -0.39 is 8.07 Å². The van der Waals surface area contributed by atoms with Crippen molar-refractivity contribution in [2.75, 3.05) is 0 Å². The van der Waals surface area contributed by atoms with Crippen LogP contribution in [0.4, 0.5) is 0 Å². The molecule has 20 heavy (non-hydrogen) atoms. The number of hydrogen-bond acceptors (Lipinski definition) is 1. The average Bonchev–Trinajstić information content (AvgIpc) is 2.37. The van der Waals surface area contributed by atoms with Gasteiger partial charge in [0.05, 0.1) is 4.47 Å². The number of benzene rings is 1. The van der Waals surface area contributed by atoms with Crippen molar-refractivity contribution < 1.29 is 0 Å². The fourth-order valence-corrected chi connectivity index (χ4v) is 2.64. The van der Waals surface area contributed by atoms with Gasteiger partial charge in [-0.05, 0) is 39.7 Å². The molecule has 1 nitrogen and oxygen atoms in total. The van der Waals surface area contributed by atoms with Gasteiger partial charge in [0.25, 0.3) is 0 Å². The number of halogens is 2. The van der Waals surface area contributed by atoms with E-state index in [0.29, 0.717) is 0 Å². The van der Waals surface area contributed by atoms with E-state index in [9.17, 15) is 0 Å². The Morgan fingerprint density at radius 2 is 1.75 bits per heavy atom. The lowest BCUT2D eigenvalue weighted by atomic mass is 10.1. The molecule has 0 N–H and O–H groups in total. The van der Waals surface area contributed by atoms with Gasteiger partial charge in [0.1, 0.15) is 13.8 Å². The molecule has 2 rings (SSSR count). The molecule has 1 heterocycles. The van der Waals surface area contributed by atoms with Gasteiger partial charge >= 0.3 is 0 Å². The second-order valence-electron chi connectivity index (χ2n) is 5.56. The molecule has 0 aliphatic heterocycles. The largest absolute Gasteiger partial charge is 0.246 e. The van der Waals surface area contributed by atoms with Crippen LogP contribution in [0.25, 0.3) is 11.1 Å². The zero-order valence-electron chi connectivity index (χ0n) is 11.7. The summed E-state index contributed by atoms with van der Waals surface area (Å²) >= 11 is 9.45. The van der Waals surface area contributed by atoms with Crippen molar-refractivity contribution in [2.24, 2.45) is 0 Å². The van der Waals surface area contributed by atoms with Crippen LogP contribution in [0.3, 0.4) is 0 Å². The summed E-state index contributed by atoms with van der Waals surface area (Å²) in [5.74, 6) is 3.17. The third-order valence-electron chi connectivity index (χ3n) is 2.57.